The Bertz CT molecular complexity index is 549. The predicted molar refractivity (Wildman–Crippen MR) is 75.2 cm³/mol. The minimum atomic E-state index is 0.298. The van der Waals surface area contributed by atoms with Gasteiger partial charge in [-0.15, -0.1) is 0 Å². The number of nitrogen functional groups attached to an aromatic ring is 1. The van der Waals surface area contributed by atoms with Crippen LogP contribution in [0.2, 0.25) is 5.02 Å². The Morgan fingerprint density at radius 3 is 2.65 bits per heavy atom. The summed E-state index contributed by atoms with van der Waals surface area (Å²) in [4.78, 5) is 4.35. The first kappa shape index (κ1) is 12.5. The molecule has 3 nitrogen and oxygen atoms in total. The zero-order chi connectivity index (χ0) is 12.6. The Hall–Kier alpha value is -1.00. The summed E-state index contributed by atoms with van der Waals surface area (Å²) >= 11 is 9.36. The summed E-state index contributed by atoms with van der Waals surface area (Å²) in [5, 5.41) is 0.676. The van der Waals surface area contributed by atoms with E-state index in [1.54, 1.807) is 6.33 Å². The van der Waals surface area contributed by atoms with E-state index in [1.165, 1.54) is 0 Å². The van der Waals surface area contributed by atoms with Crippen molar-refractivity contribution >= 4 is 33.3 Å². The Morgan fingerprint density at radius 2 is 2.12 bits per heavy atom. The Morgan fingerprint density at radius 1 is 1.41 bits per heavy atom. The highest BCUT2D eigenvalue weighted by atomic mass is 79.9. The van der Waals surface area contributed by atoms with Crippen LogP contribution in [0, 0.1) is 0 Å². The molecule has 90 valence electrons. The lowest BCUT2D eigenvalue weighted by atomic mass is 10.1. The summed E-state index contributed by atoms with van der Waals surface area (Å²) < 4.78 is 2.79. The van der Waals surface area contributed by atoms with Gasteiger partial charge in [-0.1, -0.05) is 17.7 Å². The molecule has 0 saturated carbocycles. The summed E-state index contributed by atoms with van der Waals surface area (Å²) in [6.07, 6.45) is 1.76. The zero-order valence-corrected chi connectivity index (χ0v) is 12.0. The SMILES string of the molecule is CC(C)n1cnc(-c2ccc(Cl)c(Br)c2)c1N. The van der Waals surface area contributed by atoms with E-state index < -0.39 is 0 Å². The van der Waals surface area contributed by atoms with Crippen molar-refractivity contribution in [2.24, 2.45) is 0 Å². The molecule has 0 bridgehead atoms. The lowest BCUT2D eigenvalue weighted by molar-refractivity contribution is 0.607. The number of rotatable bonds is 2. The van der Waals surface area contributed by atoms with Gasteiger partial charge in [0.15, 0.2) is 0 Å². The highest BCUT2D eigenvalue weighted by molar-refractivity contribution is 9.10. The first-order valence-electron chi connectivity index (χ1n) is 5.28. The van der Waals surface area contributed by atoms with Gasteiger partial charge < -0.3 is 10.3 Å². The van der Waals surface area contributed by atoms with Crippen LogP contribution in [0.5, 0.6) is 0 Å². The molecule has 0 aliphatic heterocycles. The first-order valence-corrected chi connectivity index (χ1v) is 6.45. The summed E-state index contributed by atoms with van der Waals surface area (Å²) in [5.74, 6) is 0.675. The van der Waals surface area contributed by atoms with Gasteiger partial charge in [0.2, 0.25) is 0 Å². The zero-order valence-electron chi connectivity index (χ0n) is 9.61. The Labute approximate surface area is 114 Å². The molecular formula is C12H13BrClN3. The monoisotopic (exact) mass is 313 g/mol. The number of hydrogen-bond acceptors (Lipinski definition) is 2. The number of aromatic nitrogens is 2. The molecule has 5 heteroatoms. The van der Waals surface area contributed by atoms with Crippen molar-refractivity contribution in [3.8, 4) is 11.3 Å². The lowest BCUT2D eigenvalue weighted by Gasteiger charge is -2.09. The number of imidazole rings is 1. The average Bonchev–Trinajstić information content (AvgIpc) is 2.64. The van der Waals surface area contributed by atoms with E-state index in [0.29, 0.717) is 16.9 Å². The van der Waals surface area contributed by atoms with E-state index in [2.05, 4.69) is 34.8 Å². The number of anilines is 1. The van der Waals surface area contributed by atoms with Crippen molar-refractivity contribution in [2.45, 2.75) is 19.9 Å². The first-order chi connectivity index (χ1) is 8.00. The van der Waals surface area contributed by atoms with Crippen LogP contribution in [0.1, 0.15) is 19.9 Å². The van der Waals surface area contributed by atoms with Gasteiger partial charge in [0.05, 0.1) is 11.3 Å². The van der Waals surface area contributed by atoms with Gasteiger partial charge in [0, 0.05) is 16.1 Å². The number of benzene rings is 1. The molecule has 1 aromatic carbocycles. The van der Waals surface area contributed by atoms with Gasteiger partial charge >= 0.3 is 0 Å². The Kier molecular flexibility index (Phi) is 3.45. The molecule has 0 aliphatic rings. The molecule has 0 unspecified atom stereocenters. The summed E-state index contributed by atoms with van der Waals surface area (Å²) in [7, 11) is 0. The van der Waals surface area contributed by atoms with Crippen molar-refractivity contribution in [3.05, 3.63) is 34.0 Å². The van der Waals surface area contributed by atoms with E-state index in [0.717, 1.165) is 15.7 Å². The third kappa shape index (κ3) is 2.33. The summed E-state index contributed by atoms with van der Waals surface area (Å²) in [6.45, 7) is 4.14. The second kappa shape index (κ2) is 4.70. The quantitative estimate of drug-likeness (QED) is 0.905. The molecule has 0 atom stereocenters. The normalized spacial score (nSPS) is 11.1. The molecule has 0 spiro atoms. The molecule has 1 heterocycles. The maximum Gasteiger partial charge on any atom is 0.131 e. The van der Waals surface area contributed by atoms with Gasteiger partial charge in [-0.05, 0) is 41.9 Å². The number of nitrogens with zero attached hydrogens (tertiary/aromatic N) is 2. The van der Waals surface area contributed by atoms with Crippen molar-refractivity contribution in [3.63, 3.8) is 0 Å². The van der Waals surface area contributed by atoms with Gasteiger partial charge in [-0.25, -0.2) is 4.98 Å². The fourth-order valence-corrected chi connectivity index (χ4v) is 2.14. The van der Waals surface area contributed by atoms with Crippen LogP contribution in [-0.2, 0) is 0 Å². The van der Waals surface area contributed by atoms with Crippen LogP contribution in [0.15, 0.2) is 29.0 Å². The van der Waals surface area contributed by atoms with Gasteiger partial charge in [-0.2, -0.15) is 0 Å². The minimum Gasteiger partial charge on any atom is -0.383 e. The van der Waals surface area contributed by atoms with E-state index in [4.69, 9.17) is 17.3 Å². The van der Waals surface area contributed by atoms with Crippen LogP contribution >= 0.6 is 27.5 Å². The topological polar surface area (TPSA) is 43.8 Å². The van der Waals surface area contributed by atoms with Crippen LogP contribution in [-0.4, -0.2) is 9.55 Å². The fraction of sp³-hybridized carbons (Fsp3) is 0.250. The summed E-state index contributed by atoms with van der Waals surface area (Å²) in [5.41, 5.74) is 7.82. The number of nitrogens with two attached hydrogens (primary N) is 1. The number of hydrogen-bond donors (Lipinski definition) is 1. The molecule has 17 heavy (non-hydrogen) atoms. The molecule has 2 N–H and O–H groups in total. The molecule has 2 aromatic rings. The molecule has 1 aromatic heterocycles. The van der Waals surface area contributed by atoms with Crippen LogP contribution in [0.3, 0.4) is 0 Å². The molecule has 0 amide bonds. The predicted octanol–water partition coefficient (Wildman–Crippen LogP) is 4.13. The second-order valence-corrected chi connectivity index (χ2v) is 5.37. The average molecular weight is 315 g/mol. The van der Waals surface area contributed by atoms with E-state index in [1.807, 2.05) is 22.8 Å². The third-order valence-electron chi connectivity index (χ3n) is 2.58. The maximum absolute atomic E-state index is 6.08. The smallest absolute Gasteiger partial charge is 0.131 e. The third-order valence-corrected chi connectivity index (χ3v) is 3.80. The number of halogens is 2. The highest BCUT2D eigenvalue weighted by Gasteiger charge is 2.12. The van der Waals surface area contributed by atoms with Gasteiger partial charge in [0.1, 0.15) is 11.5 Å². The van der Waals surface area contributed by atoms with Crippen LogP contribution in [0.4, 0.5) is 5.82 Å². The molecule has 0 saturated heterocycles. The van der Waals surface area contributed by atoms with Gasteiger partial charge in [-0.3, -0.25) is 0 Å². The van der Waals surface area contributed by atoms with Crippen LogP contribution in [0.25, 0.3) is 11.3 Å². The fourth-order valence-electron chi connectivity index (χ4n) is 1.65. The minimum absolute atomic E-state index is 0.298. The second-order valence-electron chi connectivity index (χ2n) is 4.11. The standard InChI is InChI=1S/C12H13BrClN3/c1-7(2)17-6-16-11(12(17)15)8-3-4-10(14)9(13)5-8/h3-7H,15H2,1-2H3. The van der Waals surface area contributed by atoms with Crippen molar-refractivity contribution in [1.29, 1.82) is 0 Å². The van der Waals surface area contributed by atoms with Crippen molar-refractivity contribution < 1.29 is 0 Å². The van der Waals surface area contributed by atoms with Crippen molar-refractivity contribution in [1.82, 2.24) is 9.55 Å². The molecular weight excluding hydrogens is 302 g/mol. The molecule has 0 fully saturated rings. The van der Waals surface area contributed by atoms with E-state index in [9.17, 15) is 0 Å². The molecule has 0 aliphatic carbocycles. The van der Waals surface area contributed by atoms with E-state index in [-0.39, 0.29) is 0 Å². The largest absolute Gasteiger partial charge is 0.383 e. The summed E-state index contributed by atoms with van der Waals surface area (Å²) in [6, 6.07) is 5.96. The van der Waals surface area contributed by atoms with Crippen LogP contribution < -0.4 is 5.73 Å². The molecule has 2 rings (SSSR count). The lowest BCUT2D eigenvalue weighted by Crippen LogP contribution is -2.04. The van der Waals surface area contributed by atoms with E-state index >= 15 is 0 Å². The maximum atomic E-state index is 6.08. The van der Waals surface area contributed by atoms with Gasteiger partial charge in [0.25, 0.3) is 0 Å². The Balaban J connectivity index is 2.50. The molecule has 0 radical (unpaired) electrons. The highest BCUT2D eigenvalue weighted by Crippen LogP contribution is 2.31. The van der Waals surface area contributed by atoms with Crippen molar-refractivity contribution in [2.75, 3.05) is 5.73 Å².